The number of rotatable bonds is 3. The highest BCUT2D eigenvalue weighted by Crippen LogP contribution is 2.13. The van der Waals surface area contributed by atoms with Gasteiger partial charge in [-0.3, -0.25) is 4.98 Å². The van der Waals surface area contributed by atoms with Gasteiger partial charge in [-0.05, 0) is 12.1 Å². The van der Waals surface area contributed by atoms with Crippen molar-refractivity contribution in [2.24, 2.45) is 5.73 Å². The number of halogens is 1. The predicted octanol–water partition coefficient (Wildman–Crippen LogP) is 0.838. The third-order valence-electron chi connectivity index (χ3n) is 1.74. The van der Waals surface area contributed by atoms with E-state index in [1.54, 1.807) is 0 Å². The molecule has 76 valence electrons. The van der Waals surface area contributed by atoms with Crippen LogP contribution in [0.2, 0.25) is 0 Å². The summed E-state index contributed by atoms with van der Waals surface area (Å²) in [6.45, 7) is -0.120. The Morgan fingerprint density at radius 3 is 2.86 bits per heavy atom. The molecule has 2 N–H and O–H groups in total. The van der Waals surface area contributed by atoms with Crippen LogP contribution >= 0.6 is 0 Å². The molecule has 0 aliphatic heterocycles. The van der Waals surface area contributed by atoms with Gasteiger partial charge in [0.2, 0.25) is 0 Å². The van der Waals surface area contributed by atoms with Crippen molar-refractivity contribution in [3.8, 4) is 0 Å². The lowest BCUT2D eigenvalue weighted by Crippen LogP contribution is -2.10. The fourth-order valence-electron chi connectivity index (χ4n) is 0.950. The van der Waals surface area contributed by atoms with E-state index in [2.05, 4.69) is 9.72 Å². The van der Waals surface area contributed by atoms with Crippen LogP contribution in [0.4, 0.5) is 4.39 Å². The van der Waals surface area contributed by atoms with Crippen LogP contribution in [0.1, 0.15) is 22.2 Å². The molecule has 0 bridgehead atoms. The smallest absolute Gasteiger partial charge is 0.339 e. The van der Waals surface area contributed by atoms with Crippen LogP contribution in [-0.4, -0.2) is 24.6 Å². The minimum Gasteiger partial charge on any atom is -0.465 e. The fourth-order valence-corrected chi connectivity index (χ4v) is 0.950. The van der Waals surface area contributed by atoms with E-state index >= 15 is 0 Å². The van der Waals surface area contributed by atoms with Crippen LogP contribution in [0.5, 0.6) is 0 Å². The van der Waals surface area contributed by atoms with Crippen molar-refractivity contribution in [3.63, 3.8) is 0 Å². The van der Waals surface area contributed by atoms with Crippen molar-refractivity contribution in [2.75, 3.05) is 13.7 Å². The second-order valence-electron chi connectivity index (χ2n) is 2.67. The Morgan fingerprint density at radius 1 is 1.71 bits per heavy atom. The van der Waals surface area contributed by atoms with Crippen molar-refractivity contribution in [3.05, 3.63) is 29.6 Å². The minimum atomic E-state index is -1.29. The quantitative estimate of drug-likeness (QED) is 0.731. The number of pyridine rings is 1. The van der Waals surface area contributed by atoms with Crippen LogP contribution in [0.3, 0.4) is 0 Å². The highest BCUT2D eigenvalue weighted by atomic mass is 19.1. The number of ether oxygens (including phenoxy) is 1. The van der Waals surface area contributed by atoms with Crippen LogP contribution in [0, 0.1) is 0 Å². The van der Waals surface area contributed by atoms with Gasteiger partial charge in [0.1, 0.15) is 0 Å². The third kappa shape index (κ3) is 2.26. The van der Waals surface area contributed by atoms with E-state index in [-0.39, 0.29) is 12.2 Å². The zero-order valence-corrected chi connectivity index (χ0v) is 7.74. The lowest BCUT2D eigenvalue weighted by Gasteiger charge is -2.04. The highest BCUT2D eigenvalue weighted by molar-refractivity contribution is 5.88. The summed E-state index contributed by atoms with van der Waals surface area (Å²) in [5, 5.41) is 0. The Bertz CT molecular complexity index is 313. The Balaban J connectivity index is 2.83. The SMILES string of the molecule is COC(=O)c1ccc(C(F)CN)nc1. The molecule has 0 aromatic carbocycles. The van der Waals surface area contributed by atoms with E-state index in [0.29, 0.717) is 5.56 Å². The van der Waals surface area contributed by atoms with E-state index in [1.165, 1.54) is 25.4 Å². The molecule has 1 heterocycles. The van der Waals surface area contributed by atoms with E-state index in [1.807, 2.05) is 0 Å². The molecule has 0 aliphatic rings. The summed E-state index contributed by atoms with van der Waals surface area (Å²) in [6, 6.07) is 2.88. The molecule has 0 fully saturated rings. The van der Waals surface area contributed by atoms with Crippen molar-refractivity contribution in [1.82, 2.24) is 4.98 Å². The number of carbonyl (C=O) groups is 1. The molecule has 0 saturated carbocycles. The maximum Gasteiger partial charge on any atom is 0.339 e. The van der Waals surface area contributed by atoms with E-state index in [0.717, 1.165) is 0 Å². The summed E-state index contributed by atoms with van der Waals surface area (Å²) in [7, 11) is 1.27. The third-order valence-corrected chi connectivity index (χ3v) is 1.74. The van der Waals surface area contributed by atoms with Gasteiger partial charge < -0.3 is 10.5 Å². The molecule has 0 saturated heterocycles. The molecule has 5 heteroatoms. The number of esters is 1. The number of carbonyl (C=O) groups excluding carboxylic acids is 1. The van der Waals surface area contributed by atoms with E-state index in [9.17, 15) is 9.18 Å². The zero-order chi connectivity index (χ0) is 10.6. The van der Waals surface area contributed by atoms with Gasteiger partial charge in [-0.15, -0.1) is 0 Å². The van der Waals surface area contributed by atoms with Gasteiger partial charge in [0.05, 0.1) is 18.4 Å². The van der Waals surface area contributed by atoms with Crippen LogP contribution in [-0.2, 0) is 4.74 Å². The van der Waals surface area contributed by atoms with Crippen LogP contribution in [0.25, 0.3) is 0 Å². The van der Waals surface area contributed by atoms with Crippen LogP contribution < -0.4 is 5.73 Å². The Hall–Kier alpha value is -1.49. The molecule has 0 spiro atoms. The van der Waals surface area contributed by atoms with Crippen molar-refractivity contribution < 1.29 is 13.9 Å². The molecule has 1 atom stereocenters. The summed E-state index contributed by atoms with van der Waals surface area (Å²) < 4.78 is 17.4. The van der Waals surface area contributed by atoms with Crippen molar-refractivity contribution in [2.45, 2.75) is 6.17 Å². The van der Waals surface area contributed by atoms with Crippen molar-refractivity contribution >= 4 is 5.97 Å². The normalized spacial score (nSPS) is 12.2. The average molecular weight is 198 g/mol. The lowest BCUT2D eigenvalue weighted by atomic mass is 10.2. The van der Waals surface area contributed by atoms with Gasteiger partial charge in [-0.25, -0.2) is 9.18 Å². The Kier molecular flexibility index (Phi) is 3.53. The van der Waals surface area contributed by atoms with Gasteiger partial charge in [-0.1, -0.05) is 0 Å². The van der Waals surface area contributed by atoms with Gasteiger partial charge in [-0.2, -0.15) is 0 Å². The molecule has 0 radical (unpaired) electrons. The number of hydrogen-bond donors (Lipinski definition) is 1. The number of nitrogens with two attached hydrogens (primary N) is 1. The van der Waals surface area contributed by atoms with E-state index < -0.39 is 12.1 Å². The van der Waals surface area contributed by atoms with Crippen LogP contribution in [0.15, 0.2) is 18.3 Å². The minimum absolute atomic E-state index is 0.120. The Labute approximate surface area is 80.9 Å². The summed E-state index contributed by atoms with van der Waals surface area (Å²) >= 11 is 0. The van der Waals surface area contributed by atoms with Gasteiger partial charge in [0.25, 0.3) is 0 Å². The second-order valence-corrected chi connectivity index (χ2v) is 2.67. The summed E-state index contributed by atoms with van der Waals surface area (Å²) in [5.41, 5.74) is 5.64. The first-order valence-corrected chi connectivity index (χ1v) is 4.07. The molecule has 1 unspecified atom stereocenters. The summed E-state index contributed by atoms with van der Waals surface area (Å²) in [5.74, 6) is -0.493. The zero-order valence-electron chi connectivity index (χ0n) is 7.74. The second kappa shape index (κ2) is 4.66. The number of aromatic nitrogens is 1. The lowest BCUT2D eigenvalue weighted by molar-refractivity contribution is 0.0600. The number of nitrogens with zero attached hydrogens (tertiary/aromatic N) is 1. The van der Waals surface area contributed by atoms with Crippen molar-refractivity contribution in [1.29, 1.82) is 0 Å². The molecular weight excluding hydrogens is 187 g/mol. The Morgan fingerprint density at radius 2 is 2.43 bits per heavy atom. The monoisotopic (exact) mass is 198 g/mol. The summed E-state index contributed by atoms with van der Waals surface area (Å²) in [6.07, 6.45) is -0.0228. The molecule has 1 aromatic rings. The largest absolute Gasteiger partial charge is 0.465 e. The first kappa shape index (κ1) is 10.6. The molecule has 1 aromatic heterocycles. The number of hydrogen-bond acceptors (Lipinski definition) is 4. The fraction of sp³-hybridized carbons (Fsp3) is 0.333. The molecule has 1 rings (SSSR count). The molecular formula is C9H11FN2O2. The maximum absolute atomic E-state index is 13.0. The standard InChI is InChI=1S/C9H11FN2O2/c1-14-9(13)6-2-3-8(12-5-6)7(10)4-11/h2-3,5,7H,4,11H2,1H3. The molecule has 0 amide bonds. The first-order chi connectivity index (χ1) is 6.69. The molecule has 4 nitrogen and oxygen atoms in total. The van der Waals surface area contributed by atoms with Gasteiger partial charge >= 0.3 is 5.97 Å². The van der Waals surface area contributed by atoms with Gasteiger partial charge in [0, 0.05) is 12.7 Å². The number of methoxy groups -OCH3 is 1. The topological polar surface area (TPSA) is 65.2 Å². The number of alkyl halides is 1. The van der Waals surface area contributed by atoms with Gasteiger partial charge in [0.15, 0.2) is 6.17 Å². The molecule has 0 aliphatic carbocycles. The maximum atomic E-state index is 13.0. The molecule has 14 heavy (non-hydrogen) atoms. The predicted molar refractivity (Wildman–Crippen MR) is 48.5 cm³/mol. The average Bonchev–Trinajstić information content (AvgIpc) is 2.27. The van der Waals surface area contributed by atoms with E-state index in [4.69, 9.17) is 5.73 Å². The summed E-state index contributed by atoms with van der Waals surface area (Å²) in [4.78, 5) is 14.7. The first-order valence-electron chi connectivity index (χ1n) is 4.07. The highest BCUT2D eigenvalue weighted by Gasteiger charge is 2.10.